The molecule has 1 saturated carbocycles. The van der Waals surface area contributed by atoms with E-state index >= 15 is 0 Å². The fourth-order valence-electron chi connectivity index (χ4n) is 1.96. The van der Waals surface area contributed by atoms with Crippen molar-refractivity contribution in [1.29, 1.82) is 0 Å². The Bertz CT molecular complexity index is 371. The number of amides is 1. The lowest BCUT2D eigenvalue weighted by molar-refractivity contribution is -0.120. The maximum atomic E-state index is 11.8. The molecule has 0 aromatic heterocycles. The molecule has 0 unspecified atom stereocenters. The number of para-hydroxylation sites is 1. The number of carbonyl (C=O) groups excluding carboxylic acids is 1. The van der Waals surface area contributed by atoms with E-state index in [9.17, 15) is 4.79 Å². The molecule has 1 N–H and O–H groups in total. The SMILES string of the molecule is CC(C)NC(=O)CN(c1ccccc1)C1CC1. The molecule has 0 aliphatic heterocycles. The number of rotatable bonds is 5. The smallest absolute Gasteiger partial charge is 0.239 e. The fraction of sp³-hybridized carbons (Fsp3) is 0.500. The second-order valence-corrected chi connectivity index (χ2v) is 4.92. The van der Waals surface area contributed by atoms with Crippen molar-refractivity contribution in [3.8, 4) is 0 Å². The van der Waals surface area contributed by atoms with Crippen LogP contribution in [0.25, 0.3) is 0 Å². The summed E-state index contributed by atoms with van der Waals surface area (Å²) in [5.74, 6) is 0.107. The van der Waals surface area contributed by atoms with Crippen LogP contribution in [-0.2, 0) is 4.79 Å². The molecule has 1 fully saturated rings. The van der Waals surface area contributed by atoms with Gasteiger partial charge < -0.3 is 10.2 Å². The minimum Gasteiger partial charge on any atom is -0.359 e. The Hall–Kier alpha value is -1.51. The fourth-order valence-corrected chi connectivity index (χ4v) is 1.96. The van der Waals surface area contributed by atoms with Gasteiger partial charge >= 0.3 is 0 Å². The number of hydrogen-bond acceptors (Lipinski definition) is 2. The van der Waals surface area contributed by atoms with Gasteiger partial charge in [0.2, 0.25) is 5.91 Å². The highest BCUT2D eigenvalue weighted by atomic mass is 16.2. The minimum absolute atomic E-state index is 0.107. The monoisotopic (exact) mass is 232 g/mol. The summed E-state index contributed by atoms with van der Waals surface area (Å²) in [6, 6.07) is 10.9. The van der Waals surface area contributed by atoms with Crippen molar-refractivity contribution < 1.29 is 4.79 Å². The first-order chi connectivity index (χ1) is 8.16. The van der Waals surface area contributed by atoms with E-state index in [-0.39, 0.29) is 11.9 Å². The number of benzene rings is 1. The van der Waals surface area contributed by atoms with Crippen LogP contribution in [0.15, 0.2) is 30.3 Å². The van der Waals surface area contributed by atoms with Gasteiger partial charge in [-0.2, -0.15) is 0 Å². The highest BCUT2D eigenvalue weighted by Gasteiger charge is 2.30. The number of anilines is 1. The zero-order valence-electron chi connectivity index (χ0n) is 10.5. The zero-order chi connectivity index (χ0) is 12.3. The summed E-state index contributed by atoms with van der Waals surface area (Å²) >= 11 is 0. The summed E-state index contributed by atoms with van der Waals surface area (Å²) in [6.45, 7) is 4.44. The number of hydrogen-bond donors (Lipinski definition) is 1. The summed E-state index contributed by atoms with van der Waals surface area (Å²) in [7, 11) is 0. The van der Waals surface area contributed by atoms with E-state index in [2.05, 4.69) is 22.3 Å². The van der Waals surface area contributed by atoms with E-state index in [1.54, 1.807) is 0 Å². The summed E-state index contributed by atoms with van der Waals surface area (Å²) < 4.78 is 0. The Morgan fingerprint density at radius 2 is 2.00 bits per heavy atom. The van der Waals surface area contributed by atoms with E-state index in [1.165, 1.54) is 12.8 Å². The molecule has 0 heterocycles. The topological polar surface area (TPSA) is 32.3 Å². The van der Waals surface area contributed by atoms with Gasteiger partial charge in [0, 0.05) is 17.8 Å². The van der Waals surface area contributed by atoms with Crippen LogP contribution >= 0.6 is 0 Å². The van der Waals surface area contributed by atoms with Crippen LogP contribution in [0.5, 0.6) is 0 Å². The van der Waals surface area contributed by atoms with Gasteiger partial charge in [-0.3, -0.25) is 4.79 Å². The molecule has 1 aliphatic carbocycles. The Balaban J connectivity index is 2.01. The molecule has 3 heteroatoms. The molecule has 1 aromatic carbocycles. The second kappa shape index (κ2) is 5.21. The highest BCUT2D eigenvalue weighted by Crippen LogP contribution is 2.31. The van der Waals surface area contributed by atoms with E-state index < -0.39 is 0 Å². The van der Waals surface area contributed by atoms with E-state index in [0.29, 0.717) is 12.6 Å². The Kier molecular flexibility index (Phi) is 3.67. The Labute approximate surface area is 103 Å². The molecule has 0 atom stereocenters. The molecule has 1 aliphatic rings. The van der Waals surface area contributed by atoms with E-state index in [0.717, 1.165) is 5.69 Å². The van der Waals surface area contributed by atoms with Gasteiger partial charge in [0.1, 0.15) is 0 Å². The quantitative estimate of drug-likeness (QED) is 0.844. The van der Waals surface area contributed by atoms with Crippen molar-refractivity contribution in [1.82, 2.24) is 5.32 Å². The molecule has 0 bridgehead atoms. The zero-order valence-corrected chi connectivity index (χ0v) is 10.5. The lowest BCUT2D eigenvalue weighted by Crippen LogP contribution is -2.41. The molecule has 1 amide bonds. The van der Waals surface area contributed by atoms with Crippen molar-refractivity contribution >= 4 is 11.6 Å². The average Bonchev–Trinajstić information content (AvgIpc) is 3.10. The lowest BCUT2D eigenvalue weighted by atomic mass is 10.2. The van der Waals surface area contributed by atoms with E-state index in [1.807, 2.05) is 32.0 Å². The summed E-state index contributed by atoms with van der Waals surface area (Å²) in [4.78, 5) is 14.0. The van der Waals surface area contributed by atoms with Gasteiger partial charge in [0.25, 0.3) is 0 Å². The normalized spacial score (nSPS) is 14.8. The first-order valence-electron chi connectivity index (χ1n) is 6.28. The maximum Gasteiger partial charge on any atom is 0.239 e. The van der Waals surface area contributed by atoms with Crippen molar-refractivity contribution in [2.75, 3.05) is 11.4 Å². The first kappa shape index (κ1) is 12.0. The third kappa shape index (κ3) is 3.48. The third-order valence-electron chi connectivity index (χ3n) is 2.84. The van der Waals surface area contributed by atoms with Crippen molar-refractivity contribution in [3.63, 3.8) is 0 Å². The van der Waals surface area contributed by atoms with Crippen LogP contribution < -0.4 is 10.2 Å². The van der Waals surface area contributed by atoms with Crippen LogP contribution in [0.2, 0.25) is 0 Å². The average molecular weight is 232 g/mol. The van der Waals surface area contributed by atoms with Crippen molar-refractivity contribution in [2.45, 2.75) is 38.8 Å². The summed E-state index contributed by atoms with van der Waals surface area (Å²) in [5.41, 5.74) is 1.15. The first-order valence-corrected chi connectivity index (χ1v) is 6.28. The van der Waals surface area contributed by atoms with E-state index in [4.69, 9.17) is 0 Å². The molecule has 0 radical (unpaired) electrons. The van der Waals surface area contributed by atoms with Crippen LogP contribution in [0.3, 0.4) is 0 Å². The van der Waals surface area contributed by atoms with Gasteiger partial charge in [-0.1, -0.05) is 18.2 Å². The van der Waals surface area contributed by atoms with Gasteiger partial charge in [-0.25, -0.2) is 0 Å². The molecule has 1 aromatic rings. The van der Waals surface area contributed by atoms with Crippen molar-refractivity contribution in [3.05, 3.63) is 30.3 Å². The van der Waals surface area contributed by atoms with Gasteiger partial charge in [0.15, 0.2) is 0 Å². The number of nitrogens with one attached hydrogen (secondary N) is 1. The molecular weight excluding hydrogens is 212 g/mol. The standard InChI is InChI=1S/C14H20N2O/c1-11(2)15-14(17)10-16(13-8-9-13)12-6-4-3-5-7-12/h3-7,11,13H,8-10H2,1-2H3,(H,15,17). The number of nitrogens with zero attached hydrogens (tertiary/aromatic N) is 1. The lowest BCUT2D eigenvalue weighted by Gasteiger charge is -2.24. The summed E-state index contributed by atoms with van der Waals surface area (Å²) in [6.07, 6.45) is 2.40. The molecule has 3 nitrogen and oxygen atoms in total. The van der Waals surface area contributed by atoms with Crippen LogP contribution in [0.4, 0.5) is 5.69 Å². The van der Waals surface area contributed by atoms with Crippen molar-refractivity contribution in [2.24, 2.45) is 0 Å². The van der Waals surface area contributed by atoms with Crippen LogP contribution in [0, 0.1) is 0 Å². The minimum atomic E-state index is 0.107. The molecule has 0 saturated heterocycles. The largest absolute Gasteiger partial charge is 0.359 e. The van der Waals surface area contributed by atoms with Gasteiger partial charge in [-0.15, -0.1) is 0 Å². The predicted octanol–water partition coefficient (Wildman–Crippen LogP) is 2.18. The Morgan fingerprint density at radius 1 is 1.35 bits per heavy atom. The molecular formula is C14H20N2O. The second-order valence-electron chi connectivity index (χ2n) is 4.92. The summed E-state index contributed by atoms with van der Waals surface area (Å²) in [5, 5.41) is 2.95. The number of carbonyl (C=O) groups is 1. The predicted molar refractivity (Wildman–Crippen MR) is 70.1 cm³/mol. The maximum absolute atomic E-state index is 11.8. The molecule has 0 spiro atoms. The molecule has 92 valence electrons. The van der Waals surface area contributed by atoms with Gasteiger partial charge in [-0.05, 0) is 38.8 Å². The molecule has 17 heavy (non-hydrogen) atoms. The van der Waals surface area contributed by atoms with Crippen LogP contribution in [-0.4, -0.2) is 24.5 Å². The Morgan fingerprint density at radius 3 is 2.53 bits per heavy atom. The highest BCUT2D eigenvalue weighted by molar-refractivity contribution is 5.81. The third-order valence-corrected chi connectivity index (χ3v) is 2.84. The van der Waals surface area contributed by atoms with Crippen LogP contribution in [0.1, 0.15) is 26.7 Å². The molecule has 2 rings (SSSR count). The van der Waals surface area contributed by atoms with Gasteiger partial charge in [0.05, 0.1) is 6.54 Å².